The minimum Gasteiger partial charge on any atom is -0.370 e. The van der Waals surface area contributed by atoms with Gasteiger partial charge in [0, 0.05) is 25.3 Å². The van der Waals surface area contributed by atoms with Crippen LogP contribution in [-0.4, -0.2) is 19.6 Å². The highest BCUT2D eigenvalue weighted by atomic mass is 15.1. The lowest BCUT2D eigenvalue weighted by molar-refractivity contribution is 0.485. The fraction of sp³-hybridized carbons (Fsp3) is 0.538. The molecule has 0 aliphatic rings. The fourth-order valence-electron chi connectivity index (χ4n) is 1.83. The number of hydrogen-bond acceptors (Lipinski definition) is 2. The molecule has 1 aromatic rings. The minimum atomic E-state index is 0.437. The van der Waals surface area contributed by atoms with Crippen molar-refractivity contribution in [1.29, 1.82) is 0 Å². The van der Waals surface area contributed by atoms with Crippen molar-refractivity contribution in [3.05, 3.63) is 30.3 Å². The molecule has 1 unspecified atom stereocenters. The second kappa shape index (κ2) is 5.76. The summed E-state index contributed by atoms with van der Waals surface area (Å²) < 4.78 is 0. The molecule has 2 nitrogen and oxygen atoms in total. The topological polar surface area (TPSA) is 29.3 Å². The average Bonchev–Trinajstić information content (AvgIpc) is 2.26. The molecule has 1 rings (SSSR count). The Balaban J connectivity index is 2.69. The maximum absolute atomic E-state index is 5.82. The summed E-state index contributed by atoms with van der Waals surface area (Å²) in [6, 6.07) is 10.9. The monoisotopic (exact) mass is 206 g/mol. The Labute approximate surface area is 93.1 Å². The van der Waals surface area contributed by atoms with Crippen molar-refractivity contribution < 1.29 is 0 Å². The molecule has 0 aliphatic heterocycles. The summed E-state index contributed by atoms with van der Waals surface area (Å²) in [5, 5.41) is 0. The van der Waals surface area contributed by atoms with Crippen molar-refractivity contribution in [2.45, 2.75) is 26.3 Å². The highest BCUT2D eigenvalue weighted by molar-refractivity contribution is 5.46. The molecule has 2 N–H and O–H groups in total. The third kappa shape index (κ3) is 3.56. The molecule has 2 heteroatoms. The molecule has 0 amide bonds. The van der Waals surface area contributed by atoms with Crippen molar-refractivity contribution in [1.82, 2.24) is 0 Å². The first-order valence-corrected chi connectivity index (χ1v) is 5.63. The van der Waals surface area contributed by atoms with Gasteiger partial charge in [0.05, 0.1) is 0 Å². The van der Waals surface area contributed by atoms with Crippen LogP contribution in [0.2, 0.25) is 0 Å². The molecule has 15 heavy (non-hydrogen) atoms. The number of rotatable bonds is 5. The lowest BCUT2D eigenvalue weighted by Gasteiger charge is -2.30. The van der Waals surface area contributed by atoms with Gasteiger partial charge in [0.2, 0.25) is 0 Å². The van der Waals surface area contributed by atoms with Crippen molar-refractivity contribution >= 4 is 5.69 Å². The number of nitrogens with two attached hydrogens (primary N) is 1. The number of likely N-dealkylation sites (N-methyl/N-ethyl adjacent to an activating group) is 1. The van der Waals surface area contributed by atoms with Gasteiger partial charge in [-0.3, -0.25) is 0 Å². The van der Waals surface area contributed by atoms with E-state index in [2.05, 4.69) is 50.1 Å². The van der Waals surface area contributed by atoms with Gasteiger partial charge in [-0.25, -0.2) is 0 Å². The molecule has 0 bridgehead atoms. The summed E-state index contributed by atoms with van der Waals surface area (Å²) in [6.07, 6.45) is 1.14. The summed E-state index contributed by atoms with van der Waals surface area (Å²) in [4.78, 5) is 2.28. The van der Waals surface area contributed by atoms with Gasteiger partial charge < -0.3 is 10.6 Å². The number of nitrogens with zero attached hydrogens (tertiary/aromatic N) is 1. The molecular weight excluding hydrogens is 184 g/mol. The molecule has 0 aromatic heterocycles. The van der Waals surface area contributed by atoms with E-state index in [-0.39, 0.29) is 0 Å². The largest absolute Gasteiger partial charge is 0.370 e. The van der Waals surface area contributed by atoms with Crippen molar-refractivity contribution in [3.8, 4) is 0 Å². The molecule has 0 saturated carbocycles. The fourth-order valence-corrected chi connectivity index (χ4v) is 1.83. The Bertz CT molecular complexity index is 269. The van der Waals surface area contributed by atoms with Gasteiger partial charge in [-0.05, 0) is 24.5 Å². The van der Waals surface area contributed by atoms with Crippen LogP contribution in [0.4, 0.5) is 5.69 Å². The molecule has 1 aromatic carbocycles. The van der Waals surface area contributed by atoms with E-state index in [0.29, 0.717) is 18.5 Å². The summed E-state index contributed by atoms with van der Waals surface area (Å²) in [6.45, 7) is 5.19. The van der Waals surface area contributed by atoms with Gasteiger partial charge in [-0.15, -0.1) is 0 Å². The Morgan fingerprint density at radius 1 is 1.20 bits per heavy atom. The Morgan fingerprint density at radius 3 is 2.27 bits per heavy atom. The Kier molecular flexibility index (Phi) is 4.63. The standard InChI is InChI=1S/C13H22N2/c1-11(2)9-13(10-14)15(3)12-7-5-4-6-8-12/h4-8,11,13H,9-10,14H2,1-3H3. The third-order valence-corrected chi connectivity index (χ3v) is 2.73. The van der Waals surface area contributed by atoms with Crippen LogP contribution in [-0.2, 0) is 0 Å². The highest BCUT2D eigenvalue weighted by Crippen LogP contribution is 2.17. The van der Waals surface area contributed by atoms with E-state index >= 15 is 0 Å². The first-order valence-electron chi connectivity index (χ1n) is 5.63. The Morgan fingerprint density at radius 2 is 1.80 bits per heavy atom. The number of hydrogen-bond donors (Lipinski definition) is 1. The van der Waals surface area contributed by atoms with Crippen molar-refractivity contribution in [3.63, 3.8) is 0 Å². The SMILES string of the molecule is CC(C)CC(CN)N(C)c1ccccc1. The van der Waals surface area contributed by atoms with Gasteiger partial charge in [-0.1, -0.05) is 32.0 Å². The predicted molar refractivity (Wildman–Crippen MR) is 67.1 cm³/mol. The molecule has 0 saturated heterocycles. The molecule has 0 spiro atoms. The van der Waals surface area contributed by atoms with Gasteiger partial charge in [0.15, 0.2) is 0 Å². The van der Waals surface area contributed by atoms with E-state index in [4.69, 9.17) is 5.73 Å². The van der Waals surface area contributed by atoms with Crippen LogP contribution in [0.1, 0.15) is 20.3 Å². The van der Waals surface area contributed by atoms with Crippen molar-refractivity contribution in [2.75, 3.05) is 18.5 Å². The van der Waals surface area contributed by atoms with Crippen LogP contribution >= 0.6 is 0 Å². The lowest BCUT2D eigenvalue weighted by atomic mass is 10.0. The van der Waals surface area contributed by atoms with Crippen LogP contribution in [0.3, 0.4) is 0 Å². The number of para-hydroxylation sites is 1. The van der Waals surface area contributed by atoms with E-state index in [1.54, 1.807) is 0 Å². The van der Waals surface area contributed by atoms with Gasteiger partial charge in [0.25, 0.3) is 0 Å². The summed E-state index contributed by atoms with van der Waals surface area (Å²) in [7, 11) is 2.12. The van der Waals surface area contributed by atoms with Gasteiger partial charge >= 0.3 is 0 Å². The molecular formula is C13H22N2. The highest BCUT2D eigenvalue weighted by Gasteiger charge is 2.14. The maximum atomic E-state index is 5.82. The summed E-state index contributed by atoms with van der Waals surface area (Å²) >= 11 is 0. The Hall–Kier alpha value is -1.02. The zero-order chi connectivity index (χ0) is 11.3. The second-order valence-electron chi connectivity index (χ2n) is 4.47. The first-order chi connectivity index (χ1) is 7.15. The van der Waals surface area contributed by atoms with E-state index in [9.17, 15) is 0 Å². The minimum absolute atomic E-state index is 0.437. The van der Waals surface area contributed by atoms with E-state index in [0.717, 1.165) is 6.42 Å². The second-order valence-corrected chi connectivity index (χ2v) is 4.47. The summed E-state index contributed by atoms with van der Waals surface area (Å²) in [5.74, 6) is 0.685. The third-order valence-electron chi connectivity index (χ3n) is 2.73. The van der Waals surface area contributed by atoms with Gasteiger partial charge in [-0.2, -0.15) is 0 Å². The maximum Gasteiger partial charge on any atom is 0.0411 e. The predicted octanol–water partition coefficient (Wildman–Crippen LogP) is 2.50. The van der Waals surface area contributed by atoms with Crippen LogP contribution in [0.5, 0.6) is 0 Å². The number of benzene rings is 1. The number of anilines is 1. The van der Waals surface area contributed by atoms with Crippen LogP contribution in [0, 0.1) is 5.92 Å². The normalized spacial score (nSPS) is 12.9. The molecule has 84 valence electrons. The quantitative estimate of drug-likeness (QED) is 0.802. The molecule has 0 radical (unpaired) electrons. The van der Waals surface area contributed by atoms with Crippen LogP contribution in [0.25, 0.3) is 0 Å². The first kappa shape index (κ1) is 12.1. The van der Waals surface area contributed by atoms with Crippen LogP contribution in [0.15, 0.2) is 30.3 Å². The smallest absolute Gasteiger partial charge is 0.0411 e. The van der Waals surface area contributed by atoms with E-state index in [1.165, 1.54) is 5.69 Å². The van der Waals surface area contributed by atoms with Gasteiger partial charge in [0.1, 0.15) is 0 Å². The molecule has 0 aliphatic carbocycles. The zero-order valence-electron chi connectivity index (χ0n) is 9.98. The van der Waals surface area contributed by atoms with E-state index in [1.807, 2.05) is 6.07 Å². The molecule has 0 heterocycles. The molecule has 0 fully saturated rings. The average molecular weight is 206 g/mol. The van der Waals surface area contributed by atoms with Crippen molar-refractivity contribution in [2.24, 2.45) is 11.7 Å². The zero-order valence-corrected chi connectivity index (χ0v) is 9.98. The summed E-state index contributed by atoms with van der Waals surface area (Å²) in [5.41, 5.74) is 7.06. The van der Waals surface area contributed by atoms with Crippen LogP contribution < -0.4 is 10.6 Å². The lowest BCUT2D eigenvalue weighted by Crippen LogP contribution is -2.38. The molecule has 1 atom stereocenters. The van der Waals surface area contributed by atoms with E-state index < -0.39 is 0 Å².